The van der Waals surface area contributed by atoms with Crippen LogP contribution in [-0.2, 0) is 98.9 Å². The Balaban J connectivity index is 0.855. The number of benzene rings is 1. The molecule has 0 bridgehead atoms. The minimum atomic E-state index is -3.76. The molecular weight excluding hydrogens is 1130 g/mol. The number of nitrogens with zero attached hydrogens (tertiary/aromatic N) is 3. The Labute approximate surface area is 489 Å². The number of ether oxygens (including phenoxy) is 9. The van der Waals surface area contributed by atoms with Crippen LogP contribution >= 0.6 is 0 Å². The van der Waals surface area contributed by atoms with Crippen molar-refractivity contribution in [1.82, 2.24) is 46.8 Å². The molecular formula is C54H83N9O20S. The van der Waals surface area contributed by atoms with E-state index in [0.29, 0.717) is 111 Å². The largest absolute Gasteiger partial charge is 0.479 e. The van der Waals surface area contributed by atoms with E-state index in [1.807, 2.05) is 0 Å². The molecule has 4 rings (SSSR count). The van der Waals surface area contributed by atoms with Crippen molar-refractivity contribution in [2.45, 2.75) is 81.3 Å². The third kappa shape index (κ3) is 28.5. The molecule has 1 aliphatic heterocycles. The Morgan fingerprint density at radius 2 is 1.14 bits per heavy atom. The molecule has 1 aromatic carbocycles. The topological polar surface area (TPSA) is 375 Å². The molecule has 2 atom stereocenters. The van der Waals surface area contributed by atoms with Crippen molar-refractivity contribution in [3.63, 3.8) is 0 Å². The number of aliphatic carboxylic acids is 1. The average Bonchev–Trinajstić information content (AvgIpc) is 2.24. The normalized spacial score (nSPS) is 14.0. The van der Waals surface area contributed by atoms with Gasteiger partial charge in [0.1, 0.15) is 12.8 Å². The summed E-state index contributed by atoms with van der Waals surface area (Å²) in [6, 6.07) is 7.71. The first kappa shape index (κ1) is 70.1. The third-order valence-corrected chi connectivity index (χ3v) is 14.6. The molecule has 1 saturated carbocycles. The first-order valence-electron chi connectivity index (χ1n) is 27.9. The molecule has 30 heteroatoms. The lowest BCUT2D eigenvalue weighted by Crippen LogP contribution is -2.52. The highest BCUT2D eigenvalue weighted by Crippen LogP contribution is 2.34. The molecule has 0 saturated heterocycles. The summed E-state index contributed by atoms with van der Waals surface area (Å²) in [5.74, 6) is -4.86. The Morgan fingerprint density at radius 1 is 0.643 bits per heavy atom. The van der Waals surface area contributed by atoms with E-state index in [0.717, 1.165) is 18.4 Å². The first-order valence-corrected chi connectivity index (χ1v) is 29.4. The summed E-state index contributed by atoms with van der Waals surface area (Å²) in [4.78, 5) is 109. The molecule has 29 nitrogen and oxygen atoms in total. The molecule has 2 aliphatic rings. The highest BCUT2D eigenvalue weighted by Gasteiger charge is 2.38. The summed E-state index contributed by atoms with van der Waals surface area (Å²) in [7, 11) is -3.76. The molecule has 470 valence electrons. The van der Waals surface area contributed by atoms with Gasteiger partial charge in [0.05, 0.1) is 141 Å². The molecule has 1 aliphatic carbocycles. The van der Waals surface area contributed by atoms with Gasteiger partial charge in [0.15, 0.2) is 6.10 Å². The maximum Gasteiger partial charge on any atom is 0.333 e. The van der Waals surface area contributed by atoms with Gasteiger partial charge in [-0.2, -0.15) is 0 Å². The SMILES string of the molecule is CC(C)(C)S(=O)(=O)c1ncc2c(n1)CCN(CCC(=O)NCCOCCOCCOCCOCCOCCOCCOCCOCCC(=O)NCC(=O)NCC(=O)N[C@@H](Cc1ccccc1)C(=O)NCC(=O)NCO[C@H](C(=O)O)C1CC1)C2=O. The monoisotopic (exact) mass is 1210 g/mol. The second kappa shape index (κ2) is 39.3. The highest BCUT2D eigenvalue weighted by molar-refractivity contribution is 7.92. The van der Waals surface area contributed by atoms with Crippen LogP contribution < -0.4 is 31.9 Å². The standard InChI is InChI=1S/C54H83N9O20S/c1-54(2,3)84(73,74)53-59-34-41-42(62-53)11-15-63(51(41)70)16-12-44(64)55-14-18-76-20-22-78-24-26-80-28-30-82-32-31-81-29-27-79-25-23-77-21-19-75-17-13-45(65)56-35-46(66)57-37-48(68)61-43(33-39-7-5-4-6-8-39)50(69)58-36-47(67)60-38-83-49(52(71)72)40-9-10-40/h4-8,34,40,43,49H,9-33,35-38H2,1-3H3,(H,55,64)(H,56,65)(H,57,66)(H,58,69)(H,60,67)(H,61,68)(H,71,72)/t43-,49-/m0/s1. The molecule has 1 fully saturated rings. The van der Waals surface area contributed by atoms with Gasteiger partial charge >= 0.3 is 5.97 Å². The van der Waals surface area contributed by atoms with Gasteiger partial charge in [0.25, 0.3) is 5.91 Å². The van der Waals surface area contributed by atoms with Crippen molar-refractivity contribution >= 4 is 57.2 Å². The summed E-state index contributed by atoms with van der Waals surface area (Å²) >= 11 is 0. The van der Waals surface area contributed by atoms with Crippen molar-refractivity contribution in [2.24, 2.45) is 5.92 Å². The van der Waals surface area contributed by atoms with Crippen LogP contribution in [-0.4, -0.2) is 244 Å². The van der Waals surface area contributed by atoms with Crippen LogP contribution in [0.4, 0.5) is 0 Å². The molecule has 0 radical (unpaired) electrons. The number of carbonyl (C=O) groups excluding carboxylic acids is 7. The van der Waals surface area contributed by atoms with Gasteiger partial charge in [-0.05, 0) is 45.1 Å². The van der Waals surface area contributed by atoms with Gasteiger partial charge in [-0.15, -0.1) is 0 Å². The minimum absolute atomic E-state index is 0.0190. The van der Waals surface area contributed by atoms with Gasteiger partial charge < -0.3 is 84.5 Å². The molecule has 7 amide bonds. The summed E-state index contributed by atoms with van der Waals surface area (Å²) in [6.07, 6.45) is 2.21. The number of amides is 7. The van der Waals surface area contributed by atoms with E-state index in [-0.39, 0.29) is 80.8 Å². The van der Waals surface area contributed by atoms with Crippen LogP contribution in [0.5, 0.6) is 0 Å². The van der Waals surface area contributed by atoms with E-state index in [1.165, 1.54) is 11.1 Å². The van der Waals surface area contributed by atoms with Crippen LogP contribution in [0.1, 0.15) is 68.1 Å². The zero-order chi connectivity index (χ0) is 61.0. The number of sulfone groups is 1. The molecule has 2 aromatic rings. The Kier molecular flexibility index (Phi) is 32.8. The molecule has 7 N–H and O–H groups in total. The van der Waals surface area contributed by atoms with Crippen LogP contribution in [0.15, 0.2) is 41.7 Å². The number of hydrogen-bond donors (Lipinski definition) is 7. The summed E-state index contributed by atoms with van der Waals surface area (Å²) in [6.45, 7) is 9.16. The van der Waals surface area contributed by atoms with Crippen molar-refractivity contribution < 1.29 is 94.5 Å². The van der Waals surface area contributed by atoms with Gasteiger partial charge in [-0.25, -0.2) is 23.2 Å². The van der Waals surface area contributed by atoms with E-state index < -0.39 is 81.9 Å². The zero-order valence-electron chi connectivity index (χ0n) is 48.2. The lowest BCUT2D eigenvalue weighted by Gasteiger charge is -2.28. The number of carbonyl (C=O) groups is 8. The Bertz CT molecular complexity index is 2490. The molecule has 2 heterocycles. The Morgan fingerprint density at radius 3 is 1.69 bits per heavy atom. The number of carboxylic acids is 1. The fourth-order valence-electron chi connectivity index (χ4n) is 7.48. The van der Waals surface area contributed by atoms with E-state index in [4.69, 9.17) is 42.6 Å². The molecule has 0 unspecified atom stereocenters. The van der Waals surface area contributed by atoms with E-state index in [9.17, 15) is 51.9 Å². The lowest BCUT2D eigenvalue weighted by atomic mass is 10.1. The second-order valence-corrected chi connectivity index (χ2v) is 22.6. The minimum Gasteiger partial charge on any atom is -0.479 e. The van der Waals surface area contributed by atoms with Crippen LogP contribution in [0.3, 0.4) is 0 Å². The van der Waals surface area contributed by atoms with E-state index in [1.54, 1.807) is 51.1 Å². The molecule has 1 aromatic heterocycles. The van der Waals surface area contributed by atoms with Gasteiger partial charge in [0.2, 0.25) is 50.4 Å². The summed E-state index contributed by atoms with van der Waals surface area (Å²) in [5.41, 5.74) is 1.35. The van der Waals surface area contributed by atoms with Gasteiger partial charge in [0, 0.05) is 51.5 Å². The maximum atomic E-state index is 13.0. The van der Waals surface area contributed by atoms with Crippen molar-refractivity contribution in [1.29, 1.82) is 0 Å². The predicted molar refractivity (Wildman–Crippen MR) is 297 cm³/mol. The second-order valence-electron chi connectivity index (χ2n) is 20.0. The first-order chi connectivity index (χ1) is 40.3. The number of nitrogens with one attached hydrogen (secondary N) is 6. The number of hydrogen-bond acceptors (Lipinski definition) is 21. The van der Waals surface area contributed by atoms with Crippen LogP contribution in [0.25, 0.3) is 0 Å². The number of carboxylic acid groups (broad SMARTS) is 1. The fraction of sp³-hybridized carbons (Fsp3) is 0.667. The van der Waals surface area contributed by atoms with Gasteiger partial charge in [-0.1, -0.05) is 30.3 Å². The number of fused-ring (bicyclic) bond motifs is 1. The molecule has 0 spiro atoms. The number of rotatable bonds is 46. The zero-order valence-corrected chi connectivity index (χ0v) is 49.0. The summed E-state index contributed by atoms with van der Waals surface area (Å²) in [5, 5.41) is 24.0. The fourth-order valence-corrected chi connectivity index (χ4v) is 8.45. The lowest BCUT2D eigenvalue weighted by molar-refractivity contribution is -0.153. The van der Waals surface area contributed by atoms with E-state index in [2.05, 4.69) is 41.9 Å². The quantitative estimate of drug-likeness (QED) is 0.0216. The average molecular weight is 1210 g/mol. The maximum absolute atomic E-state index is 13.0. The van der Waals surface area contributed by atoms with Crippen molar-refractivity contribution in [3.05, 3.63) is 53.3 Å². The predicted octanol–water partition coefficient (Wildman–Crippen LogP) is -1.89. The van der Waals surface area contributed by atoms with E-state index >= 15 is 0 Å². The smallest absolute Gasteiger partial charge is 0.333 e. The molecule has 84 heavy (non-hydrogen) atoms. The van der Waals surface area contributed by atoms with Crippen LogP contribution in [0.2, 0.25) is 0 Å². The van der Waals surface area contributed by atoms with Crippen molar-refractivity contribution in [3.8, 4) is 0 Å². The van der Waals surface area contributed by atoms with Crippen molar-refractivity contribution in [2.75, 3.05) is 152 Å². The highest BCUT2D eigenvalue weighted by atomic mass is 32.2. The van der Waals surface area contributed by atoms with Crippen LogP contribution in [0, 0.1) is 5.92 Å². The third-order valence-electron chi connectivity index (χ3n) is 12.4. The number of aromatic nitrogens is 2. The summed E-state index contributed by atoms with van der Waals surface area (Å²) < 4.78 is 73.5. The Hall–Kier alpha value is -6.35. The van der Waals surface area contributed by atoms with Gasteiger partial charge in [-0.3, -0.25) is 33.6 Å².